The number of rotatable bonds is 3. The van der Waals surface area contributed by atoms with Gasteiger partial charge in [0.15, 0.2) is 0 Å². The molecule has 88 valence electrons. The van der Waals surface area contributed by atoms with Crippen molar-refractivity contribution in [2.45, 2.75) is 13.0 Å². The molecule has 0 spiro atoms. The van der Waals surface area contributed by atoms with Gasteiger partial charge in [0.05, 0.1) is 0 Å². The lowest BCUT2D eigenvalue weighted by Crippen LogP contribution is -2.18. The summed E-state index contributed by atoms with van der Waals surface area (Å²) < 4.78 is 12.7. The van der Waals surface area contributed by atoms with Crippen molar-refractivity contribution in [3.8, 4) is 0 Å². The number of hydrogen-bond donors (Lipinski definition) is 2. The van der Waals surface area contributed by atoms with Crippen molar-refractivity contribution in [3.63, 3.8) is 0 Å². The van der Waals surface area contributed by atoms with E-state index in [4.69, 9.17) is 5.73 Å². The molecule has 0 bridgehead atoms. The largest absolute Gasteiger partial charge is 0.326 e. The third-order valence-electron chi connectivity index (χ3n) is 2.43. The third-order valence-corrected chi connectivity index (χ3v) is 2.43. The summed E-state index contributed by atoms with van der Waals surface area (Å²) >= 11 is 0. The number of H-pyrrole nitrogens is 1. The minimum absolute atomic E-state index is 0.166. The topological polar surface area (TPSA) is 71.8 Å². The van der Waals surface area contributed by atoms with Crippen LogP contribution in [-0.2, 0) is 13.0 Å². The Labute approximate surface area is 97.3 Å². The van der Waals surface area contributed by atoms with E-state index in [0.717, 1.165) is 5.56 Å². The Bertz CT molecular complexity index is 563. The van der Waals surface area contributed by atoms with Crippen LogP contribution < -0.4 is 11.3 Å². The van der Waals surface area contributed by atoms with E-state index in [1.807, 2.05) is 0 Å². The first kappa shape index (κ1) is 11.5. The van der Waals surface area contributed by atoms with Crippen LogP contribution in [-0.4, -0.2) is 9.97 Å². The van der Waals surface area contributed by atoms with Gasteiger partial charge in [-0.1, -0.05) is 12.1 Å². The lowest BCUT2D eigenvalue weighted by atomic mass is 10.1. The number of halogens is 1. The zero-order valence-electron chi connectivity index (χ0n) is 9.11. The van der Waals surface area contributed by atoms with Crippen molar-refractivity contribution in [1.29, 1.82) is 0 Å². The number of nitrogens with two attached hydrogens (primary N) is 1. The molecule has 0 radical (unpaired) electrons. The number of aromatic amines is 1. The molecule has 0 saturated heterocycles. The Kier molecular flexibility index (Phi) is 3.30. The highest BCUT2D eigenvalue weighted by atomic mass is 19.1. The van der Waals surface area contributed by atoms with Crippen molar-refractivity contribution < 1.29 is 4.39 Å². The fourth-order valence-corrected chi connectivity index (χ4v) is 1.49. The van der Waals surface area contributed by atoms with E-state index in [9.17, 15) is 9.18 Å². The van der Waals surface area contributed by atoms with E-state index in [1.54, 1.807) is 12.1 Å². The summed E-state index contributed by atoms with van der Waals surface area (Å²) in [6, 6.07) is 6.07. The molecule has 0 fully saturated rings. The molecule has 0 atom stereocenters. The van der Waals surface area contributed by atoms with Crippen LogP contribution in [0.4, 0.5) is 4.39 Å². The van der Waals surface area contributed by atoms with Crippen LogP contribution in [0.2, 0.25) is 0 Å². The third kappa shape index (κ3) is 2.76. The molecule has 17 heavy (non-hydrogen) atoms. The SMILES string of the molecule is NCc1cnc(Cc2ccc(F)cc2)[nH]c1=O. The van der Waals surface area contributed by atoms with Crippen molar-refractivity contribution in [2.24, 2.45) is 5.73 Å². The molecule has 0 amide bonds. The molecular formula is C12H12FN3O. The highest BCUT2D eigenvalue weighted by Crippen LogP contribution is 2.06. The van der Waals surface area contributed by atoms with Gasteiger partial charge in [-0.25, -0.2) is 9.37 Å². The van der Waals surface area contributed by atoms with Gasteiger partial charge in [0.25, 0.3) is 5.56 Å². The number of nitrogens with one attached hydrogen (secondary N) is 1. The average molecular weight is 233 g/mol. The lowest BCUT2D eigenvalue weighted by molar-refractivity contribution is 0.627. The molecule has 5 heteroatoms. The van der Waals surface area contributed by atoms with E-state index in [1.165, 1.54) is 18.3 Å². The monoisotopic (exact) mass is 233 g/mol. The second-order valence-electron chi connectivity index (χ2n) is 3.69. The van der Waals surface area contributed by atoms with Crippen molar-refractivity contribution >= 4 is 0 Å². The zero-order chi connectivity index (χ0) is 12.3. The molecule has 1 aromatic heterocycles. The number of benzene rings is 1. The van der Waals surface area contributed by atoms with Gasteiger partial charge in [0, 0.05) is 24.7 Å². The second kappa shape index (κ2) is 4.88. The van der Waals surface area contributed by atoms with Gasteiger partial charge in [-0.2, -0.15) is 0 Å². The minimum atomic E-state index is -0.284. The molecule has 4 nitrogen and oxygen atoms in total. The normalized spacial score (nSPS) is 10.5. The standard InChI is InChI=1S/C12H12FN3O/c13-10-3-1-8(2-4-10)5-11-15-7-9(6-14)12(17)16-11/h1-4,7H,5-6,14H2,(H,15,16,17). The number of hydrogen-bond acceptors (Lipinski definition) is 3. The summed E-state index contributed by atoms with van der Waals surface area (Å²) in [7, 11) is 0. The van der Waals surface area contributed by atoms with E-state index in [2.05, 4.69) is 9.97 Å². The average Bonchev–Trinajstić information content (AvgIpc) is 2.32. The Morgan fingerprint density at radius 2 is 2.00 bits per heavy atom. The smallest absolute Gasteiger partial charge is 0.255 e. The maximum atomic E-state index is 12.7. The van der Waals surface area contributed by atoms with Crippen LogP contribution in [0.1, 0.15) is 17.0 Å². The van der Waals surface area contributed by atoms with Gasteiger partial charge in [-0.15, -0.1) is 0 Å². The zero-order valence-corrected chi connectivity index (χ0v) is 9.11. The Morgan fingerprint density at radius 3 is 2.59 bits per heavy atom. The van der Waals surface area contributed by atoms with Gasteiger partial charge < -0.3 is 10.7 Å². The summed E-state index contributed by atoms with van der Waals surface area (Å²) in [4.78, 5) is 18.2. The highest BCUT2D eigenvalue weighted by molar-refractivity contribution is 5.20. The summed E-state index contributed by atoms with van der Waals surface area (Å²) in [6.07, 6.45) is 1.93. The van der Waals surface area contributed by atoms with Crippen LogP contribution in [0.5, 0.6) is 0 Å². The molecule has 3 N–H and O–H groups in total. The van der Waals surface area contributed by atoms with Crippen LogP contribution in [0.3, 0.4) is 0 Å². The molecule has 0 aliphatic heterocycles. The van der Waals surface area contributed by atoms with Gasteiger partial charge in [-0.05, 0) is 17.7 Å². The summed E-state index contributed by atoms with van der Waals surface area (Å²) in [6.45, 7) is 0.166. The molecule has 1 heterocycles. The lowest BCUT2D eigenvalue weighted by Gasteiger charge is -2.02. The molecule has 0 aliphatic rings. The molecule has 0 unspecified atom stereocenters. The maximum Gasteiger partial charge on any atom is 0.255 e. The second-order valence-corrected chi connectivity index (χ2v) is 3.69. The van der Waals surface area contributed by atoms with Gasteiger partial charge in [0.2, 0.25) is 0 Å². The quantitative estimate of drug-likeness (QED) is 0.829. The fourth-order valence-electron chi connectivity index (χ4n) is 1.49. The first-order valence-electron chi connectivity index (χ1n) is 5.20. The van der Waals surface area contributed by atoms with Crippen molar-refractivity contribution in [2.75, 3.05) is 0 Å². The summed E-state index contributed by atoms with van der Waals surface area (Å²) in [5.41, 5.74) is 6.48. The van der Waals surface area contributed by atoms with E-state index in [-0.39, 0.29) is 17.9 Å². The van der Waals surface area contributed by atoms with Crippen LogP contribution in [0.25, 0.3) is 0 Å². The summed E-state index contributed by atoms with van der Waals surface area (Å²) in [5, 5.41) is 0. The Balaban J connectivity index is 2.22. The van der Waals surface area contributed by atoms with E-state index in [0.29, 0.717) is 17.8 Å². The molecule has 2 aromatic rings. The molecule has 1 aromatic carbocycles. The first-order chi connectivity index (χ1) is 8.19. The Hall–Kier alpha value is -2.01. The molecule has 0 aliphatic carbocycles. The minimum Gasteiger partial charge on any atom is -0.326 e. The highest BCUT2D eigenvalue weighted by Gasteiger charge is 2.02. The maximum absolute atomic E-state index is 12.7. The van der Waals surface area contributed by atoms with Gasteiger partial charge in [-0.3, -0.25) is 4.79 Å². The molecule has 2 rings (SSSR count). The number of nitrogens with zero attached hydrogens (tertiary/aromatic N) is 1. The Morgan fingerprint density at radius 1 is 1.29 bits per heavy atom. The van der Waals surface area contributed by atoms with E-state index < -0.39 is 0 Å². The van der Waals surface area contributed by atoms with Crippen LogP contribution in [0, 0.1) is 5.82 Å². The van der Waals surface area contributed by atoms with E-state index >= 15 is 0 Å². The summed E-state index contributed by atoms with van der Waals surface area (Å²) in [5.74, 6) is 0.257. The van der Waals surface area contributed by atoms with Crippen LogP contribution in [0.15, 0.2) is 35.3 Å². The molecule has 0 saturated carbocycles. The molecular weight excluding hydrogens is 221 g/mol. The predicted molar refractivity (Wildman–Crippen MR) is 62.0 cm³/mol. The van der Waals surface area contributed by atoms with Crippen molar-refractivity contribution in [3.05, 3.63) is 63.6 Å². The first-order valence-corrected chi connectivity index (χ1v) is 5.20. The van der Waals surface area contributed by atoms with Crippen LogP contribution >= 0.6 is 0 Å². The van der Waals surface area contributed by atoms with Gasteiger partial charge >= 0.3 is 0 Å². The fraction of sp³-hybridized carbons (Fsp3) is 0.167. The number of aromatic nitrogens is 2. The van der Waals surface area contributed by atoms with Crippen molar-refractivity contribution in [1.82, 2.24) is 9.97 Å². The van der Waals surface area contributed by atoms with Gasteiger partial charge in [0.1, 0.15) is 11.6 Å². The predicted octanol–water partition coefficient (Wildman–Crippen LogP) is 0.958.